The predicted molar refractivity (Wildman–Crippen MR) is 156 cm³/mol. The third-order valence-electron chi connectivity index (χ3n) is 7.01. The van der Waals surface area contributed by atoms with Gasteiger partial charge in [-0.15, -0.1) is 5.10 Å². The molecule has 1 aliphatic rings. The molecule has 1 atom stereocenters. The summed E-state index contributed by atoms with van der Waals surface area (Å²) in [7, 11) is 1.24. The molecule has 3 heterocycles. The predicted octanol–water partition coefficient (Wildman–Crippen LogP) is 4.44. The number of aromatic amines is 1. The van der Waals surface area contributed by atoms with Gasteiger partial charge in [-0.1, -0.05) is 30.2 Å². The third-order valence-corrected chi connectivity index (χ3v) is 7.24. The number of benzene rings is 2. The van der Waals surface area contributed by atoms with E-state index in [1.165, 1.54) is 36.5 Å². The van der Waals surface area contributed by atoms with Gasteiger partial charge in [0.1, 0.15) is 12.2 Å². The standard InChI is InChI=1S/C29H27ClF2N8O4/c1-44-26(42)13-17-5-8-20-22(12-17)37-28(43)29(31,32)11-3-2-4-21(27-33-15-23(20)36-27)35-25(41)10-6-18-14-19(30)7-9-24(18)40-16-34-38-39-40/h5-10,12,14-16,21H,2-4,11,13H2,1H3,(H,33,36)(H,35,41)(H,37,43)/b10-6+/t21-/m0/s1. The molecule has 2 aromatic carbocycles. The Kier molecular flexibility index (Phi) is 9.09. The first-order valence-corrected chi connectivity index (χ1v) is 14.0. The Morgan fingerprint density at radius 3 is 2.84 bits per heavy atom. The maximum atomic E-state index is 14.8. The minimum atomic E-state index is -3.64. The molecule has 0 spiro atoms. The summed E-state index contributed by atoms with van der Waals surface area (Å²) in [5.41, 5.74) is 2.51. The van der Waals surface area contributed by atoms with E-state index >= 15 is 0 Å². The Hall–Kier alpha value is -4.98. The van der Waals surface area contributed by atoms with Crippen LogP contribution in [0.2, 0.25) is 5.02 Å². The number of hydrogen-bond donors (Lipinski definition) is 3. The van der Waals surface area contributed by atoms with Crippen molar-refractivity contribution in [2.45, 2.75) is 44.1 Å². The number of carbonyl (C=O) groups excluding carboxylic acids is 3. The van der Waals surface area contributed by atoms with Crippen molar-refractivity contribution in [3.63, 3.8) is 0 Å². The minimum Gasteiger partial charge on any atom is -0.469 e. The Bertz CT molecular complexity index is 1710. The van der Waals surface area contributed by atoms with Crippen molar-refractivity contribution in [1.82, 2.24) is 35.5 Å². The zero-order chi connectivity index (χ0) is 31.3. The van der Waals surface area contributed by atoms with Crippen LogP contribution in [0.3, 0.4) is 0 Å². The second-order valence-electron chi connectivity index (χ2n) is 10.1. The van der Waals surface area contributed by atoms with Crippen molar-refractivity contribution in [3.8, 4) is 16.9 Å². The summed E-state index contributed by atoms with van der Waals surface area (Å²) in [5, 5.41) is 16.8. The molecule has 0 fully saturated rings. The molecule has 228 valence electrons. The lowest BCUT2D eigenvalue weighted by Gasteiger charge is -2.18. The van der Waals surface area contributed by atoms with Crippen LogP contribution in [0.25, 0.3) is 23.0 Å². The Labute approximate surface area is 254 Å². The summed E-state index contributed by atoms with van der Waals surface area (Å²) < 4.78 is 35.8. The molecule has 0 aliphatic carbocycles. The number of rotatable bonds is 6. The molecule has 5 rings (SSSR count). The summed E-state index contributed by atoms with van der Waals surface area (Å²) in [6.45, 7) is 0. The fraction of sp³-hybridized carbons (Fsp3) is 0.276. The average Bonchev–Trinajstić information content (AvgIpc) is 3.71. The number of anilines is 1. The highest BCUT2D eigenvalue weighted by atomic mass is 35.5. The largest absolute Gasteiger partial charge is 0.469 e. The van der Waals surface area contributed by atoms with Crippen molar-refractivity contribution < 1.29 is 27.9 Å². The number of H-pyrrole nitrogens is 1. The van der Waals surface area contributed by atoms with Gasteiger partial charge in [-0.25, -0.2) is 4.98 Å². The highest BCUT2D eigenvalue weighted by Gasteiger charge is 2.38. The zero-order valence-electron chi connectivity index (χ0n) is 23.4. The van der Waals surface area contributed by atoms with E-state index in [0.717, 1.165) is 0 Å². The number of esters is 1. The van der Waals surface area contributed by atoms with Gasteiger partial charge in [0.25, 0.3) is 5.91 Å². The number of fused-ring (bicyclic) bond motifs is 4. The van der Waals surface area contributed by atoms with Gasteiger partial charge in [-0.3, -0.25) is 14.4 Å². The van der Waals surface area contributed by atoms with E-state index in [0.29, 0.717) is 38.9 Å². The van der Waals surface area contributed by atoms with Crippen LogP contribution in [0.4, 0.5) is 14.5 Å². The minimum absolute atomic E-state index is 0.0171. The SMILES string of the molecule is COC(=O)Cc1ccc2c(c1)NC(=O)C(F)(F)CCCC[C@H](NC(=O)/C=C/c1cc(Cl)ccc1-n1cnnn1)c1ncc-2[nH]1. The number of imidazole rings is 1. The van der Waals surface area contributed by atoms with Gasteiger partial charge >= 0.3 is 11.9 Å². The molecule has 0 saturated carbocycles. The van der Waals surface area contributed by atoms with Gasteiger partial charge in [-0.05, 0) is 59.2 Å². The van der Waals surface area contributed by atoms with Crippen molar-refractivity contribution in [1.29, 1.82) is 0 Å². The molecule has 1 aliphatic heterocycles. The van der Waals surface area contributed by atoms with Crippen LogP contribution in [-0.2, 0) is 25.5 Å². The number of halogens is 3. The lowest BCUT2D eigenvalue weighted by molar-refractivity contribution is -0.140. The van der Waals surface area contributed by atoms with E-state index in [1.54, 1.807) is 36.4 Å². The van der Waals surface area contributed by atoms with E-state index in [9.17, 15) is 23.2 Å². The lowest BCUT2D eigenvalue weighted by Crippen LogP contribution is -2.34. The Balaban J connectivity index is 1.42. The first-order chi connectivity index (χ1) is 21.1. The number of hydrogen-bond acceptors (Lipinski definition) is 8. The molecule has 2 aromatic heterocycles. The summed E-state index contributed by atoms with van der Waals surface area (Å²) >= 11 is 6.17. The van der Waals surface area contributed by atoms with Crippen molar-refractivity contribution >= 4 is 41.1 Å². The van der Waals surface area contributed by atoms with Crippen LogP contribution in [0, 0.1) is 0 Å². The smallest absolute Gasteiger partial charge is 0.324 e. The molecule has 0 unspecified atom stereocenters. The van der Waals surface area contributed by atoms with E-state index < -0.39 is 36.2 Å². The molecule has 3 N–H and O–H groups in total. The number of carbonyl (C=O) groups is 3. The number of nitrogens with zero attached hydrogens (tertiary/aromatic N) is 5. The van der Waals surface area contributed by atoms with Crippen molar-refractivity contribution in [2.75, 3.05) is 12.4 Å². The molecule has 0 radical (unpaired) electrons. The van der Waals surface area contributed by atoms with Crippen LogP contribution in [0.5, 0.6) is 0 Å². The molecule has 2 amide bonds. The second kappa shape index (κ2) is 13.1. The van der Waals surface area contributed by atoms with Gasteiger partial charge in [0.2, 0.25) is 5.91 Å². The van der Waals surface area contributed by atoms with E-state index in [1.807, 2.05) is 0 Å². The van der Waals surface area contributed by atoms with Crippen LogP contribution in [0.15, 0.2) is 55.0 Å². The lowest BCUT2D eigenvalue weighted by atomic mass is 10.0. The second-order valence-corrected chi connectivity index (χ2v) is 10.5. The van der Waals surface area contributed by atoms with E-state index in [4.69, 9.17) is 16.3 Å². The highest BCUT2D eigenvalue weighted by Crippen LogP contribution is 2.33. The van der Waals surface area contributed by atoms with Crippen LogP contribution in [-0.4, -0.2) is 61.0 Å². The van der Waals surface area contributed by atoms with Crippen LogP contribution < -0.4 is 10.6 Å². The molecule has 12 nitrogen and oxygen atoms in total. The Morgan fingerprint density at radius 1 is 1.23 bits per heavy atom. The van der Waals surface area contributed by atoms with Gasteiger partial charge < -0.3 is 20.4 Å². The number of amides is 2. The first kappa shape index (κ1) is 30.5. The fourth-order valence-corrected chi connectivity index (χ4v) is 4.93. The number of nitrogens with one attached hydrogen (secondary N) is 3. The molecule has 15 heteroatoms. The monoisotopic (exact) mass is 624 g/mol. The highest BCUT2D eigenvalue weighted by molar-refractivity contribution is 6.30. The van der Waals surface area contributed by atoms with Gasteiger partial charge in [0, 0.05) is 28.6 Å². The van der Waals surface area contributed by atoms with Crippen molar-refractivity contribution in [3.05, 3.63) is 77.0 Å². The van der Waals surface area contributed by atoms with Gasteiger partial charge in [0.15, 0.2) is 0 Å². The fourth-order valence-electron chi connectivity index (χ4n) is 4.75. The van der Waals surface area contributed by atoms with Crippen LogP contribution >= 0.6 is 11.6 Å². The van der Waals surface area contributed by atoms with Gasteiger partial charge in [-0.2, -0.15) is 13.5 Å². The van der Waals surface area contributed by atoms with Crippen molar-refractivity contribution in [2.24, 2.45) is 0 Å². The molecule has 44 heavy (non-hydrogen) atoms. The number of alkyl halides is 2. The molecular formula is C29H27ClF2N8O4. The first-order valence-electron chi connectivity index (χ1n) is 13.6. The Morgan fingerprint density at radius 2 is 2.07 bits per heavy atom. The van der Waals surface area contributed by atoms with Crippen LogP contribution in [0.1, 0.15) is 48.7 Å². The normalized spacial score (nSPS) is 16.6. The summed E-state index contributed by atoms with van der Waals surface area (Å²) in [4.78, 5) is 45.1. The van der Waals surface area contributed by atoms with Gasteiger partial charge in [0.05, 0.1) is 42.8 Å². The maximum absolute atomic E-state index is 14.8. The molecule has 4 aromatic rings. The summed E-state index contributed by atoms with van der Waals surface area (Å²) in [6.07, 6.45) is 5.56. The number of methoxy groups -OCH3 is 1. The topological polar surface area (TPSA) is 157 Å². The maximum Gasteiger partial charge on any atom is 0.324 e. The quantitative estimate of drug-likeness (QED) is 0.210. The number of aromatic nitrogens is 6. The molecule has 0 saturated heterocycles. The zero-order valence-corrected chi connectivity index (χ0v) is 24.1. The molecule has 2 bridgehead atoms. The summed E-state index contributed by atoms with van der Waals surface area (Å²) in [6, 6.07) is 9.05. The number of tetrazole rings is 1. The molecular weight excluding hydrogens is 598 g/mol. The summed E-state index contributed by atoms with van der Waals surface area (Å²) in [5.74, 6) is -5.68. The van der Waals surface area contributed by atoms with E-state index in [-0.39, 0.29) is 31.4 Å². The third kappa shape index (κ3) is 7.14. The average molecular weight is 625 g/mol. The van der Waals surface area contributed by atoms with E-state index in [2.05, 4.69) is 36.1 Å². The number of ether oxygens (including phenoxy) is 1.